The first-order valence-electron chi connectivity index (χ1n) is 6.39. The van der Waals surface area contributed by atoms with E-state index >= 15 is 0 Å². The number of likely N-dealkylation sites (N-methyl/N-ethyl adjacent to an activating group) is 1. The molecule has 1 amide bonds. The molecule has 0 bridgehead atoms. The summed E-state index contributed by atoms with van der Waals surface area (Å²) in [6, 6.07) is 7.95. The van der Waals surface area contributed by atoms with E-state index in [9.17, 15) is 4.79 Å². The lowest BCUT2D eigenvalue weighted by Crippen LogP contribution is -2.41. The molecule has 2 atom stereocenters. The SMILES string of the molecule is CCNC1COCC1C(=O)Nc1cccc(C)c1. The van der Waals surface area contributed by atoms with Gasteiger partial charge in [-0.25, -0.2) is 0 Å². The van der Waals surface area contributed by atoms with Gasteiger partial charge in [0.05, 0.1) is 19.1 Å². The van der Waals surface area contributed by atoms with E-state index < -0.39 is 0 Å². The van der Waals surface area contributed by atoms with Crippen LogP contribution in [-0.4, -0.2) is 31.7 Å². The maximum Gasteiger partial charge on any atom is 0.231 e. The van der Waals surface area contributed by atoms with Crippen LogP contribution >= 0.6 is 0 Å². The van der Waals surface area contributed by atoms with Crippen molar-refractivity contribution < 1.29 is 9.53 Å². The first-order valence-corrected chi connectivity index (χ1v) is 6.39. The minimum atomic E-state index is -0.106. The number of hydrogen-bond donors (Lipinski definition) is 2. The second-order valence-electron chi connectivity index (χ2n) is 4.67. The predicted molar refractivity (Wildman–Crippen MR) is 71.6 cm³/mol. The first-order chi connectivity index (χ1) is 8.70. The topological polar surface area (TPSA) is 50.4 Å². The van der Waals surface area contributed by atoms with E-state index in [4.69, 9.17) is 4.74 Å². The summed E-state index contributed by atoms with van der Waals surface area (Å²) >= 11 is 0. The first kappa shape index (κ1) is 13.1. The number of amides is 1. The van der Waals surface area contributed by atoms with Crippen LogP contribution in [0.25, 0.3) is 0 Å². The average molecular weight is 248 g/mol. The Bertz CT molecular complexity index is 420. The van der Waals surface area contributed by atoms with Gasteiger partial charge in [0.2, 0.25) is 5.91 Å². The number of hydrogen-bond acceptors (Lipinski definition) is 3. The Morgan fingerprint density at radius 1 is 1.44 bits per heavy atom. The van der Waals surface area contributed by atoms with E-state index in [1.54, 1.807) is 0 Å². The van der Waals surface area contributed by atoms with Crippen LogP contribution in [0.1, 0.15) is 12.5 Å². The third-order valence-corrected chi connectivity index (χ3v) is 3.17. The Hall–Kier alpha value is -1.39. The minimum absolute atomic E-state index is 0.0315. The number of rotatable bonds is 4. The van der Waals surface area contributed by atoms with Crippen molar-refractivity contribution in [2.24, 2.45) is 5.92 Å². The quantitative estimate of drug-likeness (QED) is 0.850. The van der Waals surface area contributed by atoms with E-state index in [1.165, 1.54) is 0 Å². The van der Waals surface area contributed by atoms with E-state index in [0.717, 1.165) is 17.8 Å². The second-order valence-corrected chi connectivity index (χ2v) is 4.67. The fourth-order valence-corrected chi connectivity index (χ4v) is 2.23. The largest absolute Gasteiger partial charge is 0.379 e. The zero-order chi connectivity index (χ0) is 13.0. The van der Waals surface area contributed by atoms with Gasteiger partial charge in [0.1, 0.15) is 0 Å². The van der Waals surface area contributed by atoms with Crippen molar-refractivity contribution in [2.45, 2.75) is 19.9 Å². The molecule has 1 fully saturated rings. The summed E-state index contributed by atoms with van der Waals surface area (Å²) in [4.78, 5) is 12.2. The summed E-state index contributed by atoms with van der Waals surface area (Å²) in [6.45, 7) is 6.00. The third-order valence-electron chi connectivity index (χ3n) is 3.17. The van der Waals surface area contributed by atoms with Crippen LogP contribution in [0.2, 0.25) is 0 Å². The molecule has 1 aromatic carbocycles. The van der Waals surface area contributed by atoms with Gasteiger partial charge in [-0.1, -0.05) is 19.1 Å². The molecule has 0 radical (unpaired) electrons. The lowest BCUT2D eigenvalue weighted by Gasteiger charge is -2.17. The van der Waals surface area contributed by atoms with Gasteiger partial charge in [0.15, 0.2) is 0 Å². The van der Waals surface area contributed by atoms with Crippen LogP contribution in [0.15, 0.2) is 24.3 Å². The van der Waals surface area contributed by atoms with Crippen LogP contribution in [0.4, 0.5) is 5.69 Å². The summed E-state index contributed by atoms with van der Waals surface area (Å²) < 4.78 is 5.38. The van der Waals surface area contributed by atoms with Crippen LogP contribution in [0.3, 0.4) is 0 Å². The molecule has 1 aromatic rings. The fraction of sp³-hybridized carbons (Fsp3) is 0.500. The highest BCUT2D eigenvalue weighted by Crippen LogP contribution is 2.17. The van der Waals surface area contributed by atoms with Crippen molar-refractivity contribution in [3.8, 4) is 0 Å². The maximum atomic E-state index is 12.2. The molecule has 4 nitrogen and oxygen atoms in total. The normalized spacial score (nSPS) is 23.0. The van der Waals surface area contributed by atoms with E-state index in [-0.39, 0.29) is 17.9 Å². The molecule has 1 saturated heterocycles. The van der Waals surface area contributed by atoms with Crippen LogP contribution < -0.4 is 10.6 Å². The van der Waals surface area contributed by atoms with Crippen molar-refractivity contribution in [1.29, 1.82) is 0 Å². The Morgan fingerprint density at radius 3 is 3.00 bits per heavy atom. The number of anilines is 1. The third kappa shape index (κ3) is 3.09. The highest BCUT2D eigenvalue weighted by molar-refractivity contribution is 5.93. The van der Waals surface area contributed by atoms with Gasteiger partial charge >= 0.3 is 0 Å². The van der Waals surface area contributed by atoms with E-state index in [1.807, 2.05) is 38.1 Å². The number of carbonyl (C=O) groups is 1. The van der Waals surface area contributed by atoms with Crippen molar-refractivity contribution in [3.05, 3.63) is 29.8 Å². The molecular weight excluding hydrogens is 228 g/mol. The highest BCUT2D eigenvalue weighted by Gasteiger charge is 2.33. The molecule has 0 spiro atoms. The van der Waals surface area contributed by atoms with Gasteiger partial charge < -0.3 is 15.4 Å². The van der Waals surface area contributed by atoms with Crippen LogP contribution in [-0.2, 0) is 9.53 Å². The minimum Gasteiger partial charge on any atom is -0.379 e. The number of carbonyl (C=O) groups excluding carboxylic acids is 1. The molecular formula is C14H20N2O2. The summed E-state index contributed by atoms with van der Waals surface area (Å²) in [7, 11) is 0. The summed E-state index contributed by atoms with van der Waals surface area (Å²) in [5.74, 6) is -0.0745. The lowest BCUT2D eigenvalue weighted by atomic mass is 10.0. The van der Waals surface area contributed by atoms with Crippen molar-refractivity contribution >= 4 is 11.6 Å². The monoisotopic (exact) mass is 248 g/mol. The molecule has 1 aliphatic rings. The number of benzene rings is 1. The smallest absolute Gasteiger partial charge is 0.231 e. The molecule has 4 heteroatoms. The lowest BCUT2D eigenvalue weighted by molar-refractivity contribution is -0.120. The summed E-state index contributed by atoms with van der Waals surface area (Å²) in [6.07, 6.45) is 0. The number of aryl methyl sites for hydroxylation is 1. The molecule has 2 unspecified atom stereocenters. The average Bonchev–Trinajstić information content (AvgIpc) is 2.78. The fourth-order valence-electron chi connectivity index (χ4n) is 2.23. The molecule has 0 aliphatic carbocycles. The van der Waals surface area contributed by atoms with Gasteiger partial charge in [-0.2, -0.15) is 0 Å². The van der Waals surface area contributed by atoms with Gasteiger partial charge in [-0.05, 0) is 31.2 Å². The second kappa shape index (κ2) is 5.98. The number of nitrogens with one attached hydrogen (secondary N) is 2. The summed E-state index contributed by atoms with van der Waals surface area (Å²) in [5.41, 5.74) is 1.99. The van der Waals surface area contributed by atoms with E-state index in [2.05, 4.69) is 10.6 Å². The molecule has 98 valence electrons. The standard InChI is InChI=1S/C14H20N2O2/c1-3-15-13-9-18-8-12(13)14(17)16-11-6-4-5-10(2)7-11/h4-7,12-13,15H,3,8-9H2,1-2H3,(H,16,17). The highest BCUT2D eigenvalue weighted by atomic mass is 16.5. The Morgan fingerprint density at radius 2 is 2.28 bits per heavy atom. The van der Waals surface area contributed by atoms with Crippen molar-refractivity contribution in [3.63, 3.8) is 0 Å². The zero-order valence-corrected chi connectivity index (χ0v) is 10.9. The zero-order valence-electron chi connectivity index (χ0n) is 10.9. The molecule has 0 saturated carbocycles. The van der Waals surface area contributed by atoms with E-state index in [0.29, 0.717) is 13.2 Å². The summed E-state index contributed by atoms with van der Waals surface area (Å²) in [5, 5.41) is 6.24. The van der Waals surface area contributed by atoms with Crippen LogP contribution in [0.5, 0.6) is 0 Å². The molecule has 18 heavy (non-hydrogen) atoms. The van der Waals surface area contributed by atoms with Crippen molar-refractivity contribution in [1.82, 2.24) is 5.32 Å². The number of ether oxygens (including phenoxy) is 1. The van der Waals surface area contributed by atoms with Crippen LogP contribution in [0, 0.1) is 12.8 Å². The molecule has 2 rings (SSSR count). The molecule has 1 heterocycles. The van der Waals surface area contributed by atoms with Gasteiger partial charge in [-0.15, -0.1) is 0 Å². The van der Waals surface area contributed by atoms with Crippen molar-refractivity contribution in [2.75, 3.05) is 25.1 Å². The molecule has 0 aromatic heterocycles. The molecule has 1 aliphatic heterocycles. The molecule has 2 N–H and O–H groups in total. The predicted octanol–water partition coefficient (Wildman–Crippen LogP) is 1.56. The Labute approximate surface area is 108 Å². The Kier molecular flexibility index (Phi) is 4.33. The van der Waals surface area contributed by atoms with Gasteiger partial charge in [0, 0.05) is 11.7 Å². The Balaban J connectivity index is 1.99. The van der Waals surface area contributed by atoms with Gasteiger partial charge in [-0.3, -0.25) is 4.79 Å². The van der Waals surface area contributed by atoms with Gasteiger partial charge in [0.25, 0.3) is 0 Å². The maximum absolute atomic E-state index is 12.2.